The molecule has 136 valence electrons. The number of carbonyl (C=O) groups excluding carboxylic acids is 1. The highest BCUT2D eigenvalue weighted by Gasteiger charge is 2.20. The van der Waals surface area contributed by atoms with E-state index in [0.29, 0.717) is 0 Å². The largest absolute Gasteiger partial charge is 0.468 e. The van der Waals surface area contributed by atoms with Crippen LogP contribution in [0.5, 0.6) is 0 Å². The van der Waals surface area contributed by atoms with Gasteiger partial charge >= 0.3 is 5.97 Å². The molecule has 0 N–H and O–H groups in total. The first-order chi connectivity index (χ1) is 12.7. The van der Waals surface area contributed by atoms with Crippen LogP contribution in [0, 0.1) is 0 Å². The smallest absolute Gasteiger partial charge is 0.318 e. The van der Waals surface area contributed by atoms with Crippen LogP contribution >= 0.6 is 23.1 Å². The lowest BCUT2D eigenvalue weighted by Crippen LogP contribution is -2.16. The van der Waals surface area contributed by atoms with Crippen LogP contribution in [0.2, 0.25) is 0 Å². The lowest BCUT2D eigenvalue weighted by Gasteiger charge is -2.12. The number of carbonyl (C=O) groups is 1. The van der Waals surface area contributed by atoms with E-state index in [2.05, 4.69) is 38.3 Å². The minimum atomic E-state index is -0.325. The summed E-state index contributed by atoms with van der Waals surface area (Å²) in [5.41, 5.74) is 1.26. The summed E-state index contributed by atoms with van der Waals surface area (Å²) in [6, 6.07) is 14.5. The van der Waals surface area contributed by atoms with E-state index >= 15 is 0 Å². The predicted octanol–water partition coefficient (Wildman–Crippen LogP) is 3.83. The lowest BCUT2D eigenvalue weighted by atomic mass is 10.1. The van der Waals surface area contributed by atoms with Gasteiger partial charge in [0.2, 0.25) is 0 Å². The second-order valence-corrected chi connectivity index (χ2v) is 8.17. The van der Waals surface area contributed by atoms with Gasteiger partial charge in [-0.3, -0.25) is 4.79 Å². The first-order valence-corrected chi connectivity index (χ1v) is 10.2. The first-order valence-electron chi connectivity index (χ1n) is 8.40. The zero-order chi connectivity index (χ0) is 18.4. The molecule has 0 fully saturated rings. The van der Waals surface area contributed by atoms with Gasteiger partial charge in [-0.25, -0.2) is 0 Å². The minimum absolute atomic E-state index is 0.257. The Morgan fingerprint density at radius 1 is 1.23 bits per heavy atom. The van der Waals surface area contributed by atoms with Crippen LogP contribution in [-0.4, -0.2) is 33.1 Å². The van der Waals surface area contributed by atoms with Gasteiger partial charge in [0.05, 0.1) is 7.11 Å². The third kappa shape index (κ3) is 4.74. The maximum Gasteiger partial charge on any atom is 0.318 e. The van der Waals surface area contributed by atoms with E-state index in [-0.39, 0.29) is 11.2 Å². The zero-order valence-electron chi connectivity index (χ0n) is 14.8. The normalized spacial score (nSPS) is 12.1. The molecule has 3 rings (SSSR count). The first kappa shape index (κ1) is 18.7. The summed E-state index contributed by atoms with van der Waals surface area (Å²) in [5, 5.41) is 11.2. The molecule has 0 saturated carbocycles. The molecule has 0 spiro atoms. The summed E-state index contributed by atoms with van der Waals surface area (Å²) in [6.07, 6.45) is 1.63. The molecule has 1 unspecified atom stereocenters. The summed E-state index contributed by atoms with van der Waals surface area (Å²) in [6.45, 7) is 2.60. The Balaban J connectivity index is 1.81. The van der Waals surface area contributed by atoms with Crippen LogP contribution in [0.4, 0.5) is 0 Å². The van der Waals surface area contributed by atoms with Crippen molar-refractivity contribution in [3.05, 3.63) is 64.1 Å². The van der Waals surface area contributed by atoms with Crippen molar-refractivity contribution in [3.63, 3.8) is 0 Å². The Kier molecular flexibility index (Phi) is 6.46. The molecule has 0 radical (unpaired) electrons. The van der Waals surface area contributed by atoms with Gasteiger partial charge in [-0.05, 0) is 30.4 Å². The standard InChI is InChI=1S/C19H21N3O2S2/c1-14(18(23)24-2)26-19-21-20-17(13-16-9-6-12-25-16)22(19)11-10-15-7-4-3-5-8-15/h3-9,12,14H,10-11,13H2,1-2H3. The van der Waals surface area contributed by atoms with Gasteiger partial charge in [0.25, 0.3) is 0 Å². The monoisotopic (exact) mass is 387 g/mol. The second kappa shape index (κ2) is 9.00. The van der Waals surface area contributed by atoms with Crippen molar-refractivity contribution in [3.8, 4) is 0 Å². The maximum absolute atomic E-state index is 11.8. The number of benzene rings is 1. The number of hydrogen-bond donors (Lipinski definition) is 0. The zero-order valence-corrected chi connectivity index (χ0v) is 16.4. The summed E-state index contributed by atoms with van der Waals surface area (Å²) in [5.74, 6) is 0.662. The van der Waals surface area contributed by atoms with E-state index in [9.17, 15) is 4.79 Å². The number of methoxy groups -OCH3 is 1. The molecule has 2 aromatic heterocycles. The Morgan fingerprint density at radius 2 is 2.04 bits per heavy atom. The molecule has 7 heteroatoms. The molecule has 2 heterocycles. The van der Waals surface area contributed by atoms with Gasteiger partial charge in [0.1, 0.15) is 11.1 Å². The number of thioether (sulfide) groups is 1. The number of nitrogens with zero attached hydrogens (tertiary/aromatic N) is 3. The van der Waals surface area contributed by atoms with Crippen molar-refractivity contribution in [2.75, 3.05) is 7.11 Å². The Hall–Kier alpha value is -2.12. The predicted molar refractivity (Wildman–Crippen MR) is 105 cm³/mol. The molecule has 0 saturated heterocycles. The molecular weight excluding hydrogens is 366 g/mol. The maximum atomic E-state index is 11.8. The van der Waals surface area contributed by atoms with Crippen LogP contribution in [0.15, 0.2) is 53.0 Å². The van der Waals surface area contributed by atoms with Gasteiger partial charge in [0, 0.05) is 17.8 Å². The van der Waals surface area contributed by atoms with E-state index in [1.807, 2.05) is 31.2 Å². The minimum Gasteiger partial charge on any atom is -0.468 e. The number of hydrogen-bond acceptors (Lipinski definition) is 6. The number of rotatable bonds is 8. The third-order valence-corrected chi connectivity index (χ3v) is 5.92. The van der Waals surface area contributed by atoms with Crippen molar-refractivity contribution in [2.45, 2.75) is 36.7 Å². The summed E-state index contributed by atoms with van der Waals surface area (Å²) >= 11 is 3.10. The Bertz CT molecular complexity index is 832. The molecule has 0 aliphatic rings. The van der Waals surface area contributed by atoms with Gasteiger partial charge in [-0.2, -0.15) is 0 Å². The average molecular weight is 388 g/mol. The quantitative estimate of drug-likeness (QED) is 0.434. The van der Waals surface area contributed by atoms with E-state index in [1.54, 1.807) is 11.3 Å². The molecule has 1 atom stereocenters. The molecule has 5 nitrogen and oxygen atoms in total. The van der Waals surface area contributed by atoms with Gasteiger partial charge < -0.3 is 9.30 Å². The van der Waals surface area contributed by atoms with Crippen molar-refractivity contribution in [1.82, 2.24) is 14.8 Å². The fourth-order valence-electron chi connectivity index (χ4n) is 2.59. The molecule has 0 aliphatic heterocycles. The third-order valence-electron chi connectivity index (χ3n) is 3.99. The highest BCUT2D eigenvalue weighted by atomic mass is 32.2. The molecule has 3 aromatic rings. The fraction of sp³-hybridized carbons (Fsp3) is 0.316. The Labute approximate surface area is 161 Å². The second-order valence-electron chi connectivity index (χ2n) is 5.83. The fourth-order valence-corrected chi connectivity index (χ4v) is 4.21. The molecule has 0 bridgehead atoms. The van der Waals surface area contributed by atoms with Crippen molar-refractivity contribution in [1.29, 1.82) is 0 Å². The van der Waals surface area contributed by atoms with E-state index in [1.165, 1.54) is 29.3 Å². The number of aromatic nitrogens is 3. The summed E-state index contributed by atoms with van der Waals surface area (Å²) < 4.78 is 6.95. The molecule has 0 amide bonds. The molecular formula is C19H21N3O2S2. The SMILES string of the molecule is COC(=O)C(C)Sc1nnc(Cc2cccs2)n1CCc1ccccc1. The number of aryl methyl sites for hydroxylation is 1. The molecule has 1 aromatic carbocycles. The van der Waals surface area contributed by atoms with Crippen LogP contribution in [-0.2, 0) is 28.9 Å². The van der Waals surface area contributed by atoms with Gasteiger partial charge in [-0.1, -0.05) is 48.2 Å². The van der Waals surface area contributed by atoms with Crippen LogP contribution in [0.1, 0.15) is 23.2 Å². The van der Waals surface area contributed by atoms with Crippen LogP contribution < -0.4 is 0 Å². The van der Waals surface area contributed by atoms with Crippen molar-refractivity contribution in [2.24, 2.45) is 0 Å². The van der Waals surface area contributed by atoms with Gasteiger partial charge in [-0.15, -0.1) is 21.5 Å². The lowest BCUT2D eigenvalue weighted by molar-refractivity contribution is -0.139. The van der Waals surface area contributed by atoms with Crippen LogP contribution in [0.25, 0.3) is 0 Å². The average Bonchev–Trinajstić information content (AvgIpc) is 3.31. The molecule has 26 heavy (non-hydrogen) atoms. The van der Waals surface area contributed by atoms with E-state index < -0.39 is 0 Å². The highest BCUT2D eigenvalue weighted by molar-refractivity contribution is 8.00. The Morgan fingerprint density at radius 3 is 2.73 bits per heavy atom. The summed E-state index contributed by atoms with van der Waals surface area (Å²) in [4.78, 5) is 13.0. The highest BCUT2D eigenvalue weighted by Crippen LogP contribution is 2.25. The van der Waals surface area contributed by atoms with E-state index in [0.717, 1.165) is 30.4 Å². The number of ether oxygens (including phenoxy) is 1. The number of esters is 1. The topological polar surface area (TPSA) is 57.0 Å². The van der Waals surface area contributed by atoms with Crippen LogP contribution in [0.3, 0.4) is 0 Å². The number of thiophene rings is 1. The van der Waals surface area contributed by atoms with E-state index in [4.69, 9.17) is 4.74 Å². The summed E-state index contributed by atoms with van der Waals surface area (Å²) in [7, 11) is 1.40. The van der Waals surface area contributed by atoms with Crippen molar-refractivity contribution < 1.29 is 9.53 Å². The van der Waals surface area contributed by atoms with Gasteiger partial charge in [0.15, 0.2) is 5.16 Å². The van der Waals surface area contributed by atoms with Crippen molar-refractivity contribution >= 4 is 29.1 Å². The molecule has 0 aliphatic carbocycles.